The minimum atomic E-state index is -0.482. The Balaban J connectivity index is 1.86. The highest BCUT2D eigenvalue weighted by Crippen LogP contribution is 2.40. The summed E-state index contributed by atoms with van der Waals surface area (Å²) in [7, 11) is 1.34. The smallest absolute Gasteiger partial charge is 0.341 e. The van der Waals surface area contributed by atoms with Crippen molar-refractivity contribution in [2.24, 2.45) is 0 Å². The number of hydrogen-bond donors (Lipinski definition) is 1. The number of methoxy groups -OCH3 is 1. The average Bonchev–Trinajstić information content (AvgIpc) is 3.09. The molecule has 0 aliphatic heterocycles. The maximum absolute atomic E-state index is 12.6. The van der Waals surface area contributed by atoms with Gasteiger partial charge >= 0.3 is 5.97 Å². The van der Waals surface area contributed by atoms with E-state index in [1.54, 1.807) is 0 Å². The van der Waals surface area contributed by atoms with Crippen molar-refractivity contribution in [1.29, 1.82) is 0 Å². The van der Waals surface area contributed by atoms with Gasteiger partial charge in [-0.1, -0.05) is 37.3 Å². The van der Waals surface area contributed by atoms with Gasteiger partial charge in [-0.3, -0.25) is 4.79 Å². The molecule has 0 unspecified atom stereocenters. The molecular weight excluding hydrogens is 410 g/mol. The van der Waals surface area contributed by atoms with Crippen LogP contribution in [0.1, 0.15) is 38.8 Å². The summed E-state index contributed by atoms with van der Waals surface area (Å²) in [6.07, 6.45) is 0.890. The summed E-state index contributed by atoms with van der Waals surface area (Å²) in [5.41, 5.74) is 5.52. The van der Waals surface area contributed by atoms with Crippen LogP contribution >= 0.6 is 11.3 Å². The second-order valence-electron chi connectivity index (χ2n) is 7.37. The van der Waals surface area contributed by atoms with E-state index >= 15 is 0 Å². The van der Waals surface area contributed by atoms with Crippen molar-refractivity contribution in [2.45, 2.75) is 34.1 Å². The molecule has 0 aliphatic carbocycles. The van der Waals surface area contributed by atoms with Crippen LogP contribution in [-0.2, 0) is 16.0 Å². The minimum Gasteiger partial charge on any atom is -0.484 e. The van der Waals surface area contributed by atoms with Crippen LogP contribution < -0.4 is 10.1 Å². The van der Waals surface area contributed by atoms with Gasteiger partial charge in [-0.2, -0.15) is 0 Å². The van der Waals surface area contributed by atoms with Crippen molar-refractivity contribution >= 4 is 28.2 Å². The third kappa shape index (κ3) is 5.14. The number of hydrogen-bond acceptors (Lipinski definition) is 5. The van der Waals surface area contributed by atoms with Crippen LogP contribution in [0, 0.1) is 20.8 Å². The Morgan fingerprint density at radius 1 is 1.03 bits per heavy atom. The fraction of sp³-hybridized carbons (Fsp3) is 0.280. The third-order valence-electron chi connectivity index (χ3n) is 5.20. The number of esters is 1. The van der Waals surface area contributed by atoms with Crippen molar-refractivity contribution in [1.82, 2.24) is 0 Å². The van der Waals surface area contributed by atoms with Crippen molar-refractivity contribution in [3.05, 3.63) is 69.6 Å². The normalized spacial score (nSPS) is 10.6. The number of aryl methyl sites for hydroxylation is 4. The molecule has 1 N–H and O–H groups in total. The number of anilines is 1. The molecule has 0 atom stereocenters. The summed E-state index contributed by atoms with van der Waals surface area (Å²) >= 11 is 1.36. The first-order valence-electron chi connectivity index (χ1n) is 10.1. The number of carbonyl (C=O) groups excluding carboxylic acids is 2. The fourth-order valence-electron chi connectivity index (χ4n) is 3.34. The topological polar surface area (TPSA) is 64.6 Å². The summed E-state index contributed by atoms with van der Waals surface area (Å²) in [5.74, 6) is -0.176. The Bertz CT molecular complexity index is 1120. The SMILES string of the molecule is CCc1cccc(OCC(=O)Nc2sc(C)c(-c3ccc(C)c(C)c3)c2C(=O)OC)c1. The monoisotopic (exact) mass is 437 g/mol. The maximum Gasteiger partial charge on any atom is 0.341 e. The lowest BCUT2D eigenvalue weighted by Gasteiger charge is -2.10. The molecule has 31 heavy (non-hydrogen) atoms. The van der Waals surface area contributed by atoms with Gasteiger partial charge in [0.1, 0.15) is 16.3 Å². The molecule has 2 aromatic carbocycles. The maximum atomic E-state index is 12.6. The third-order valence-corrected chi connectivity index (χ3v) is 6.22. The molecule has 5 nitrogen and oxygen atoms in total. The molecule has 1 amide bonds. The van der Waals surface area contributed by atoms with Crippen LogP contribution in [-0.4, -0.2) is 25.6 Å². The number of nitrogens with one attached hydrogen (secondary N) is 1. The molecule has 3 rings (SSSR count). The summed E-state index contributed by atoms with van der Waals surface area (Å²) < 4.78 is 10.7. The van der Waals surface area contributed by atoms with Crippen molar-refractivity contribution in [2.75, 3.05) is 19.0 Å². The quantitative estimate of drug-likeness (QED) is 0.481. The van der Waals surface area contributed by atoms with E-state index in [2.05, 4.69) is 12.2 Å². The molecule has 1 heterocycles. The van der Waals surface area contributed by atoms with E-state index < -0.39 is 5.97 Å². The number of carbonyl (C=O) groups is 2. The first-order chi connectivity index (χ1) is 14.8. The molecule has 0 saturated carbocycles. The Morgan fingerprint density at radius 3 is 2.48 bits per heavy atom. The first-order valence-corrected chi connectivity index (χ1v) is 11.0. The lowest BCUT2D eigenvalue weighted by molar-refractivity contribution is -0.118. The zero-order chi connectivity index (χ0) is 22.5. The molecule has 162 valence electrons. The van der Waals surface area contributed by atoms with E-state index in [-0.39, 0.29) is 12.5 Å². The molecule has 3 aromatic rings. The number of amides is 1. The summed E-state index contributed by atoms with van der Waals surface area (Å²) in [6.45, 7) is 7.93. The van der Waals surface area contributed by atoms with Crippen LogP contribution in [0.5, 0.6) is 5.75 Å². The standard InChI is InChI=1S/C25H27NO4S/c1-6-18-8-7-9-20(13-18)30-14-21(27)26-24-23(25(28)29-5)22(17(4)31-24)19-11-10-15(2)16(3)12-19/h7-13H,6,14H2,1-5H3,(H,26,27). The highest BCUT2D eigenvalue weighted by atomic mass is 32.1. The molecule has 0 aliphatic rings. The van der Waals surface area contributed by atoms with Crippen LogP contribution in [0.25, 0.3) is 11.1 Å². The van der Waals surface area contributed by atoms with Gasteiger partial charge in [0.15, 0.2) is 6.61 Å². The Labute approximate surface area is 187 Å². The molecule has 0 fully saturated rings. The number of thiophene rings is 1. The second kappa shape index (κ2) is 9.79. The second-order valence-corrected chi connectivity index (χ2v) is 8.59. The van der Waals surface area contributed by atoms with Crippen molar-refractivity contribution in [3.8, 4) is 16.9 Å². The molecule has 0 spiro atoms. The predicted octanol–water partition coefficient (Wildman–Crippen LogP) is 5.71. The van der Waals surface area contributed by atoms with E-state index in [1.807, 2.05) is 63.2 Å². The summed E-state index contributed by atoms with van der Waals surface area (Å²) in [4.78, 5) is 26.1. The highest BCUT2D eigenvalue weighted by Gasteiger charge is 2.25. The first kappa shape index (κ1) is 22.6. The van der Waals surface area contributed by atoms with Crippen LogP contribution in [0.15, 0.2) is 42.5 Å². The van der Waals surface area contributed by atoms with Gasteiger partial charge in [-0.15, -0.1) is 11.3 Å². The van der Waals surface area contributed by atoms with Gasteiger partial charge in [0.2, 0.25) is 0 Å². The van der Waals surface area contributed by atoms with Gasteiger partial charge < -0.3 is 14.8 Å². The Morgan fingerprint density at radius 2 is 1.81 bits per heavy atom. The van der Waals surface area contributed by atoms with Gasteiger partial charge in [0, 0.05) is 10.4 Å². The lowest BCUT2D eigenvalue weighted by Crippen LogP contribution is -2.21. The zero-order valence-corrected chi connectivity index (χ0v) is 19.3. The van der Waals surface area contributed by atoms with Gasteiger partial charge in [0.05, 0.1) is 7.11 Å². The number of benzene rings is 2. The highest BCUT2D eigenvalue weighted by molar-refractivity contribution is 7.17. The van der Waals surface area contributed by atoms with Gasteiger partial charge in [-0.05, 0) is 61.6 Å². The molecule has 0 bridgehead atoms. The molecule has 0 radical (unpaired) electrons. The Kier molecular flexibility index (Phi) is 7.13. The number of ether oxygens (including phenoxy) is 2. The van der Waals surface area contributed by atoms with E-state index in [0.717, 1.165) is 33.6 Å². The van der Waals surface area contributed by atoms with E-state index in [9.17, 15) is 9.59 Å². The lowest BCUT2D eigenvalue weighted by atomic mass is 9.97. The largest absolute Gasteiger partial charge is 0.484 e. The molecule has 1 aromatic heterocycles. The summed E-state index contributed by atoms with van der Waals surface area (Å²) in [5, 5.41) is 3.30. The van der Waals surface area contributed by atoms with E-state index in [4.69, 9.17) is 9.47 Å². The predicted molar refractivity (Wildman–Crippen MR) is 125 cm³/mol. The van der Waals surface area contributed by atoms with Crippen molar-refractivity contribution < 1.29 is 19.1 Å². The molecule has 0 saturated heterocycles. The molecule has 6 heteroatoms. The summed E-state index contributed by atoms with van der Waals surface area (Å²) in [6, 6.07) is 13.7. The van der Waals surface area contributed by atoms with E-state index in [1.165, 1.54) is 24.0 Å². The minimum absolute atomic E-state index is 0.149. The average molecular weight is 438 g/mol. The van der Waals surface area contributed by atoms with Crippen LogP contribution in [0.4, 0.5) is 5.00 Å². The van der Waals surface area contributed by atoms with Crippen molar-refractivity contribution in [3.63, 3.8) is 0 Å². The zero-order valence-electron chi connectivity index (χ0n) is 18.5. The molecular formula is C25H27NO4S. The number of rotatable bonds is 7. The van der Waals surface area contributed by atoms with Gasteiger partial charge in [-0.25, -0.2) is 4.79 Å². The van der Waals surface area contributed by atoms with Crippen LogP contribution in [0.3, 0.4) is 0 Å². The van der Waals surface area contributed by atoms with Gasteiger partial charge in [0.25, 0.3) is 5.91 Å². The Hall–Kier alpha value is -3.12. The van der Waals surface area contributed by atoms with Crippen LogP contribution in [0.2, 0.25) is 0 Å². The fourth-order valence-corrected chi connectivity index (χ4v) is 4.42. The van der Waals surface area contributed by atoms with E-state index in [0.29, 0.717) is 16.3 Å².